The predicted octanol–water partition coefficient (Wildman–Crippen LogP) is 3.34. The van der Waals surface area contributed by atoms with Crippen LogP contribution in [-0.2, 0) is 24.2 Å². The van der Waals surface area contributed by atoms with E-state index in [-0.39, 0.29) is 12.3 Å². The highest BCUT2D eigenvalue weighted by molar-refractivity contribution is 7.09. The summed E-state index contributed by atoms with van der Waals surface area (Å²) in [4.78, 5) is 20.8. The predicted molar refractivity (Wildman–Crippen MR) is 109 cm³/mol. The molecule has 2 heterocycles. The van der Waals surface area contributed by atoms with Crippen LogP contribution in [0.2, 0.25) is 0 Å². The summed E-state index contributed by atoms with van der Waals surface area (Å²) in [6.07, 6.45) is 2.71. The van der Waals surface area contributed by atoms with Crippen LogP contribution in [0.3, 0.4) is 0 Å². The fourth-order valence-corrected chi connectivity index (χ4v) is 3.29. The molecular formula is C21H23N3O3S. The van der Waals surface area contributed by atoms with Crippen LogP contribution in [0.15, 0.2) is 48.0 Å². The Balaban J connectivity index is 1.41. The molecule has 6 nitrogen and oxygen atoms in total. The Kier molecular flexibility index (Phi) is 6.97. The van der Waals surface area contributed by atoms with Gasteiger partial charge in [-0.2, -0.15) is 0 Å². The van der Waals surface area contributed by atoms with Crippen LogP contribution in [0.5, 0.6) is 11.5 Å². The normalized spacial score (nSPS) is 10.5. The van der Waals surface area contributed by atoms with E-state index >= 15 is 0 Å². The minimum atomic E-state index is -0.0385. The molecule has 1 aromatic carbocycles. The number of nitrogens with zero attached hydrogens (tertiary/aromatic N) is 2. The van der Waals surface area contributed by atoms with Crippen molar-refractivity contribution in [1.82, 2.24) is 15.3 Å². The molecule has 2 aromatic heterocycles. The van der Waals surface area contributed by atoms with E-state index in [4.69, 9.17) is 9.47 Å². The minimum Gasteiger partial charge on any atom is -0.497 e. The highest BCUT2D eigenvalue weighted by Gasteiger charge is 2.08. The first-order chi connectivity index (χ1) is 13.6. The van der Waals surface area contributed by atoms with E-state index in [9.17, 15) is 4.79 Å². The molecular weight excluding hydrogens is 374 g/mol. The Bertz CT molecular complexity index is 909. The third-order valence-corrected chi connectivity index (χ3v) is 4.93. The molecule has 3 rings (SSSR count). The second kappa shape index (κ2) is 9.85. The van der Waals surface area contributed by atoms with E-state index < -0.39 is 0 Å². The Labute approximate surface area is 168 Å². The molecule has 0 aliphatic heterocycles. The maximum absolute atomic E-state index is 12.1. The zero-order valence-corrected chi connectivity index (χ0v) is 16.8. The van der Waals surface area contributed by atoms with Gasteiger partial charge in [0.05, 0.1) is 25.4 Å². The number of pyridine rings is 1. The van der Waals surface area contributed by atoms with Gasteiger partial charge in [0.15, 0.2) is 0 Å². The molecule has 0 atom stereocenters. The third kappa shape index (κ3) is 6.06. The summed E-state index contributed by atoms with van der Waals surface area (Å²) in [5.41, 5.74) is 2.82. The molecule has 0 radical (unpaired) electrons. The molecule has 1 amide bonds. The summed E-state index contributed by atoms with van der Waals surface area (Å²) in [6.45, 7) is 2.87. The van der Waals surface area contributed by atoms with Crippen LogP contribution in [0.4, 0.5) is 0 Å². The molecule has 146 valence electrons. The van der Waals surface area contributed by atoms with Gasteiger partial charge in [-0.3, -0.25) is 9.78 Å². The molecule has 28 heavy (non-hydrogen) atoms. The largest absolute Gasteiger partial charge is 0.497 e. The van der Waals surface area contributed by atoms with Crippen LogP contribution in [0.25, 0.3) is 0 Å². The summed E-state index contributed by atoms with van der Waals surface area (Å²) < 4.78 is 10.9. The lowest BCUT2D eigenvalue weighted by atomic mass is 10.1. The summed E-state index contributed by atoms with van der Waals surface area (Å²) in [7, 11) is 1.64. The number of carbonyl (C=O) groups excluding carboxylic acids is 1. The lowest BCUT2D eigenvalue weighted by Gasteiger charge is -2.06. The molecule has 1 N–H and O–H groups in total. The van der Waals surface area contributed by atoms with Crippen molar-refractivity contribution in [3.05, 3.63) is 69.9 Å². The Hall–Kier alpha value is -2.93. The van der Waals surface area contributed by atoms with Crippen molar-refractivity contribution in [2.75, 3.05) is 13.7 Å². The minimum absolute atomic E-state index is 0.0385. The average Bonchev–Trinajstić information content (AvgIpc) is 3.15. The van der Waals surface area contributed by atoms with Gasteiger partial charge in [-0.25, -0.2) is 4.98 Å². The maximum atomic E-state index is 12.1. The van der Waals surface area contributed by atoms with Crippen LogP contribution in [0, 0.1) is 6.92 Å². The lowest BCUT2D eigenvalue weighted by molar-refractivity contribution is -0.120. The smallest absolute Gasteiger partial charge is 0.226 e. The van der Waals surface area contributed by atoms with Gasteiger partial charge in [0.2, 0.25) is 5.91 Å². The van der Waals surface area contributed by atoms with Crippen LogP contribution in [-0.4, -0.2) is 29.5 Å². The molecule has 0 fully saturated rings. The summed E-state index contributed by atoms with van der Waals surface area (Å²) in [5, 5.41) is 5.66. The number of methoxy groups -OCH3 is 1. The number of hydrogen-bond acceptors (Lipinski definition) is 6. The molecule has 0 aliphatic carbocycles. The van der Waals surface area contributed by atoms with Gasteiger partial charge in [0.25, 0.3) is 0 Å². The van der Waals surface area contributed by atoms with Crippen molar-refractivity contribution in [3.63, 3.8) is 0 Å². The first kappa shape index (κ1) is 19.8. The zero-order valence-electron chi connectivity index (χ0n) is 16.0. The SMILES string of the molecule is COc1cccc(CCNC(=O)Cc2csc(COc3ccc(C)nc3)n2)c1. The molecule has 0 unspecified atom stereocenters. The van der Waals surface area contributed by atoms with Gasteiger partial charge >= 0.3 is 0 Å². The highest BCUT2D eigenvalue weighted by Crippen LogP contribution is 2.15. The second-order valence-electron chi connectivity index (χ2n) is 6.28. The Morgan fingerprint density at radius 1 is 1.21 bits per heavy atom. The number of benzene rings is 1. The topological polar surface area (TPSA) is 73.3 Å². The first-order valence-corrected chi connectivity index (χ1v) is 9.88. The number of rotatable bonds is 9. The van der Waals surface area contributed by atoms with Gasteiger partial charge < -0.3 is 14.8 Å². The van der Waals surface area contributed by atoms with E-state index in [2.05, 4.69) is 15.3 Å². The van der Waals surface area contributed by atoms with Crippen LogP contribution >= 0.6 is 11.3 Å². The monoisotopic (exact) mass is 397 g/mol. The number of nitrogens with one attached hydrogen (secondary N) is 1. The van der Waals surface area contributed by atoms with Crippen molar-refractivity contribution in [2.45, 2.75) is 26.4 Å². The number of hydrogen-bond donors (Lipinski definition) is 1. The standard InChI is InChI=1S/C21H23N3O3S/c1-15-6-7-19(12-23-15)27-13-21-24-17(14-28-21)11-20(25)22-9-8-16-4-3-5-18(10-16)26-2/h3-7,10,12,14H,8-9,11,13H2,1-2H3,(H,22,25). The molecule has 7 heteroatoms. The molecule has 0 saturated heterocycles. The van der Waals surface area contributed by atoms with Crippen molar-refractivity contribution >= 4 is 17.2 Å². The number of aryl methyl sites for hydroxylation is 1. The van der Waals surface area contributed by atoms with Crippen molar-refractivity contribution in [2.24, 2.45) is 0 Å². The quantitative estimate of drug-likeness (QED) is 0.600. The fraction of sp³-hybridized carbons (Fsp3) is 0.286. The summed E-state index contributed by atoms with van der Waals surface area (Å²) in [5.74, 6) is 1.49. The van der Waals surface area contributed by atoms with Gasteiger partial charge in [-0.15, -0.1) is 11.3 Å². The molecule has 3 aromatic rings. The number of carbonyl (C=O) groups is 1. The van der Waals surface area contributed by atoms with E-state index in [1.807, 2.05) is 48.7 Å². The van der Waals surface area contributed by atoms with E-state index in [0.717, 1.165) is 34.1 Å². The molecule has 0 saturated carbocycles. The second-order valence-corrected chi connectivity index (χ2v) is 7.23. The zero-order chi connectivity index (χ0) is 19.8. The number of ether oxygens (including phenoxy) is 2. The maximum Gasteiger partial charge on any atom is 0.226 e. The number of aromatic nitrogens is 2. The van der Waals surface area contributed by atoms with Crippen molar-refractivity contribution in [3.8, 4) is 11.5 Å². The fourth-order valence-electron chi connectivity index (χ4n) is 2.58. The van der Waals surface area contributed by atoms with Crippen LogP contribution < -0.4 is 14.8 Å². The lowest BCUT2D eigenvalue weighted by Crippen LogP contribution is -2.27. The first-order valence-electron chi connectivity index (χ1n) is 9.01. The molecule has 0 bridgehead atoms. The van der Waals surface area contributed by atoms with Gasteiger partial charge in [-0.05, 0) is 43.2 Å². The Morgan fingerprint density at radius 3 is 2.89 bits per heavy atom. The highest BCUT2D eigenvalue weighted by atomic mass is 32.1. The molecule has 0 aliphatic rings. The van der Waals surface area contributed by atoms with Crippen LogP contribution in [0.1, 0.15) is 22.0 Å². The summed E-state index contributed by atoms with van der Waals surface area (Å²) >= 11 is 1.49. The average molecular weight is 398 g/mol. The van der Waals surface area contributed by atoms with E-state index in [1.165, 1.54) is 11.3 Å². The molecule has 0 spiro atoms. The van der Waals surface area contributed by atoms with Gasteiger partial charge in [-0.1, -0.05) is 12.1 Å². The van der Waals surface area contributed by atoms with E-state index in [0.29, 0.717) is 18.9 Å². The third-order valence-electron chi connectivity index (χ3n) is 4.06. The Morgan fingerprint density at radius 2 is 2.11 bits per heavy atom. The summed E-state index contributed by atoms with van der Waals surface area (Å²) in [6, 6.07) is 11.6. The van der Waals surface area contributed by atoms with Crippen molar-refractivity contribution < 1.29 is 14.3 Å². The van der Waals surface area contributed by atoms with E-state index in [1.54, 1.807) is 13.3 Å². The number of thiazole rings is 1. The number of amides is 1. The van der Waals surface area contributed by atoms with Gasteiger partial charge in [0, 0.05) is 17.6 Å². The van der Waals surface area contributed by atoms with Crippen molar-refractivity contribution in [1.29, 1.82) is 0 Å². The van der Waals surface area contributed by atoms with Gasteiger partial charge in [0.1, 0.15) is 23.1 Å².